The molecule has 0 radical (unpaired) electrons. The van der Waals surface area contributed by atoms with Gasteiger partial charge in [-0.05, 0) is 0 Å². The first-order valence-corrected chi connectivity index (χ1v) is 7.49. The van der Waals surface area contributed by atoms with E-state index in [-0.39, 0.29) is 48.9 Å². The molecule has 12 nitrogen and oxygen atoms in total. The van der Waals surface area contributed by atoms with Crippen LogP contribution in [0, 0.1) is 10.4 Å². The maximum absolute atomic E-state index is 9.85. The average molecular weight is 481 g/mol. The van der Waals surface area contributed by atoms with Gasteiger partial charge >= 0.3 is 167 Å². The number of carbonyl (C=O) groups is 2. The third-order valence-electron chi connectivity index (χ3n) is 0.873. The fraction of sp³-hybridized carbons (Fsp3) is 0.500. The molecule has 0 aromatic heterocycles. The van der Waals surface area contributed by atoms with Gasteiger partial charge in [0.05, 0.1) is 0 Å². The zero-order valence-corrected chi connectivity index (χ0v) is 11.7. The Labute approximate surface area is 164 Å². The zero-order valence-electron chi connectivity index (χ0n) is 8.62. The molecule has 0 saturated heterocycles. The summed E-state index contributed by atoms with van der Waals surface area (Å²) in [6.07, 6.45) is 0. The van der Waals surface area contributed by atoms with Crippen molar-refractivity contribution >= 4 is 60.8 Å². The SMILES string of the molecule is O=C(O)[CH2][Ti][N+]([O-])(O)O.O=C(O)[CH2][Ti][N+]([O-])(O)O.[BaH2]. The van der Waals surface area contributed by atoms with Crippen molar-refractivity contribution in [2.24, 2.45) is 0 Å². The van der Waals surface area contributed by atoms with Crippen molar-refractivity contribution in [1.82, 2.24) is 0 Å². The molecule has 0 amide bonds. The van der Waals surface area contributed by atoms with Crippen LogP contribution < -0.4 is 0 Å². The third-order valence-corrected chi connectivity index (χ3v) is 3.60. The van der Waals surface area contributed by atoms with E-state index in [0.29, 0.717) is 0 Å². The third kappa shape index (κ3) is 32.8. The molecule has 0 fully saturated rings. The van der Waals surface area contributed by atoms with E-state index in [1.165, 1.54) is 0 Å². The van der Waals surface area contributed by atoms with Crippen molar-refractivity contribution in [3.63, 3.8) is 0 Å². The van der Waals surface area contributed by atoms with Gasteiger partial charge in [0.15, 0.2) is 0 Å². The van der Waals surface area contributed by atoms with E-state index < -0.39 is 67.1 Å². The summed E-state index contributed by atoms with van der Waals surface area (Å²) in [4.78, 5) is 19.4. The Kier molecular flexibility index (Phi) is 16.4. The molecular formula is C4H12BaN2O10Ti2. The second kappa shape index (κ2) is 12.2. The van der Waals surface area contributed by atoms with Crippen LogP contribution in [0.25, 0.3) is 0 Å². The fourth-order valence-corrected chi connectivity index (χ4v) is 1.41. The molecule has 0 rings (SSSR count). The summed E-state index contributed by atoms with van der Waals surface area (Å²) in [6.45, 7) is 0. The van der Waals surface area contributed by atoms with Gasteiger partial charge in [-0.1, -0.05) is 0 Å². The van der Waals surface area contributed by atoms with E-state index in [2.05, 4.69) is 0 Å². The second-order valence-corrected chi connectivity index (χ2v) is 6.46. The van der Waals surface area contributed by atoms with E-state index in [0.717, 1.165) is 0 Å². The van der Waals surface area contributed by atoms with Gasteiger partial charge in [-0.25, -0.2) is 0 Å². The Morgan fingerprint density at radius 1 is 0.842 bits per heavy atom. The number of hydrogen-bond donors (Lipinski definition) is 6. The van der Waals surface area contributed by atoms with Crippen molar-refractivity contribution in [3.8, 4) is 0 Å². The van der Waals surface area contributed by atoms with E-state index in [4.69, 9.17) is 31.0 Å². The van der Waals surface area contributed by atoms with E-state index >= 15 is 0 Å². The van der Waals surface area contributed by atoms with Crippen molar-refractivity contribution < 1.29 is 86.4 Å². The van der Waals surface area contributed by atoms with Crippen LogP contribution in [0.3, 0.4) is 0 Å². The predicted octanol–water partition coefficient (Wildman–Crippen LogP) is -1.76. The number of hydrogen-bond acceptors (Lipinski definition) is 8. The molecule has 0 aliphatic rings. The molecule has 0 aliphatic carbocycles. The molecule has 0 spiro atoms. The van der Waals surface area contributed by atoms with Gasteiger partial charge in [0, 0.05) is 0 Å². The fourth-order valence-electron chi connectivity index (χ4n) is 0.341. The topological polar surface area (TPSA) is 202 Å². The van der Waals surface area contributed by atoms with Crippen LogP contribution in [0.1, 0.15) is 0 Å². The summed E-state index contributed by atoms with van der Waals surface area (Å²) >= 11 is -3.58. The van der Waals surface area contributed by atoms with Crippen LogP contribution in [0.5, 0.6) is 0 Å². The Bertz CT molecular complexity index is 250. The van der Waals surface area contributed by atoms with E-state index in [9.17, 15) is 20.0 Å². The Morgan fingerprint density at radius 3 is 1.11 bits per heavy atom. The normalized spacial score (nSPS) is 10.4. The van der Waals surface area contributed by atoms with Crippen LogP contribution in [0.4, 0.5) is 0 Å². The van der Waals surface area contributed by atoms with Crippen LogP contribution in [-0.2, 0) is 48.4 Å². The summed E-state index contributed by atoms with van der Waals surface area (Å²) < 4.78 is -5.69. The summed E-state index contributed by atoms with van der Waals surface area (Å²) in [5.41, 5.74) is 0. The van der Waals surface area contributed by atoms with Crippen LogP contribution in [0.2, 0.25) is 9.45 Å². The van der Waals surface area contributed by atoms with Gasteiger partial charge in [-0.15, -0.1) is 0 Å². The summed E-state index contributed by atoms with van der Waals surface area (Å²) in [7, 11) is 0. The van der Waals surface area contributed by atoms with Crippen molar-refractivity contribution in [2.45, 2.75) is 9.45 Å². The minimum absolute atomic E-state index is 0. The molecule has 0 unspecified atom stereocenters. The number of rotatable bonds is 6. The molecule has 0 heterocycles. The van der Waals surface area contributed by atoms with Gasteiger partial charge in [0.2, 0.25) is 0 Å². The van der Waals surface area contributed by atoms with E-state index in [1.54, 1.807) is 0 Å². The summed E-state index contributed by atoms with van der Waals surface area (Å²) in [6, 6.07) is 0. The van der Waals surface area contributed by atoms with Crippen molar-refractivity contribution in [3.05, 3.63) is 10.4 Å². The summed E-state index contributed by atoms with van der Waals surface area (Å²) in [5, 5.41) is 67.6. The molecule has 0 saturated carbocycles. The number of carboxylic acids is 2. The number of aliphatic carboxylic acids is 2. The van der Waals surface area contributed by atoms with Gasteiger partial charge in [0.25, 0.3) is 0 Å². The maximum atomic E-state index is 9.85. The Hall–Kier alpha value is 1.62. The average Bonchev–Trinajstić information content (AvgIpc) is 2.10. The molecule has 0 atom stereocenters. The quantitative estimate of drug-likeness (QED) is 0.187. The van der Waals surface area contributed by atoms with Crippen molar-refractivity contribution in [1.29, 1.82) is 0 Å². The molecule has 0 aromatic carbocycles. The van der Waals surface area contributed by atoms with Gasteiger partial charge in [0.1, 0.15) is 0 Å². The number of nitrogens with zero attached hydrogens (tertiary/aromatic N) is 2. The van der Waals surface area contributed by atoms with Crippen LogP contribution in [0.15, 0.2) is 0 Å². The monoisotopic (exact) mass is 482 g/mol. The Morgan fingerprint density at radius 2 is 1.05 bits per heavy atom. The first kappa shape index (κ1) is 25.6. The van der Waals surface area contributed by atoms with Crippen LogP contribution >= 0.6 is 0 Å². The van der Waals surface area contributed by atoms with Gasteiger partial charge < -0.3 is 0 Å². The van der Waals surface area contributed by atoms with E-state index in [1.807, 2.05) is 0 Å². The Balaban J connectivity index is -0.000000256. The molecule has 0 aliphatic heterocycles. The second-order valence-electron chi connectivity index (χ2n) is 2.55. The number of carboxylic acid groups (broad SMARTS) is 2. The molecule has 19 heavy (non-hydrogen) atoms. The molecule has 108 valence electrons. The van der Waals surface area contributed by atoms with Crippen molar-refractivity contribution in [2.75, 3.05) is 0 Å². The van der Waals surface area contributed by atoms with Crippen LogP contribution in [-0.4, -0.2) is 98.8 Å². The molecule has 6 N–H and O–H groups in total. The molecular weight excluding hydrogens is 469 g/mol. The molecule has 0 aromatic rings. The zero-order chi connectivity index (χ0) is 15.0. The number of quaternary nitrogens is 2. The van der Waals surface area contributed by atoms with Gasteiger partial charge in [-0.3, -0.25) is 0 Å². The predicted molar refractivity (Wildman–Crippen MR) is 47.8 cm³/mol. The molecule has 0 bridgehead atoms. The summed E-state index contributed by atoms with van der Waals surface area (Å²) in [5.74, 6) is -2.37. The van der Waals surface area contributed by atoms with Gasteiger partial charge in [-0.2, -0.15) is 0 Å². The standard InChI is InChI=1S/2C2H3O2.Ba.2H2NO3.2Ti.2H/c2*1-2(3)4;;2*2-1(3)4;;;;/h2*1H2,(H,3,4);;2*2-3H;;;;/q;;;2*-1;2*+1;;. The first-order chi connectivity index (χ1) is 7.83. The molecule has 15 heteroatoms. The minimum atomic E-state index is -2.41. The first-order valence-electron chi connectivity index (χ1n) is 3.88.